The monoisotopic (exact) mass is 578 g/mol. The van der Waals surface area contributed by atoms with Crippen molar-refractivity contribution >= 4 is 30.6 Å². The number of rotatable bonds is 13. The minimum absolute atomic E-state index is 0.0517. The maximum atomic E-state index is 13.0. The fraction of sp³-hybridized carbons (Fsp3) is 0.417. The van der Waals surface area contributed by atoms with Crippen LogP contribution in [-0.2, 0) is 16.1 Å². The van der Waals surface area contributed by atoms with Crippen molar-refractivity contribution in [1.29, 1.82) is 0 Å². The summed E-state index contributed by atoms with van der Waals surface area (Å²) in [4.78, 5) is 27.9. The molecule has 0 amide bonds. The average molecular weight is 578 g/mol. The van der Waals surface area contributed by atoms with E-state index in [-0.39, 0.29) is 22.8 Å². The van der Waals surface area contributed by atoms with Crippen LogP contribution >= 0.6 is 0 Å². The van der Waals surface area contributed by atoms with Crippen LogP contribution in [0.5, 0.6) is 5.75 Å². The maximum absolute atomic E-state index is 13.0. The first-order valence-corrected chi connectivity index (χ1v) is 12.9. The fourth-order valence-electron chi connectivity index (χ4n) is 3.01. The Morgan fingerprint density at radius 3 is 2.03 bits per heavy atom. The number of hydrogen-bond acceptors (Lipinski definition) is 6. The number of hydrogen-bond donors (Lipinski definition) is 0. The van der Waals surface area contributed by atoms with Gasteiger partial charge in [0.1, 0.15) is 0 Å². The number of benzene rings is 2. The van der Waals surface area contributed by atoms with Crippen LogP contribution < -0.4 is 9.09 Å². The van der Waals surface area contributed by atoms with Gasteiger partial charge in [-0.3, -0.25) is 0 Å². The SMILES string of the molecule is COC(=O)c1ccc(CN(C)CCN(C)CC(=O)[AsH]c2ccc(OCC(F)(F)C(F)(F)F)cc2)cc1. The van der Waals surface area contributed by atoms with Gasteiger partial charge >= 0.3 is 196 Å². The molecule has 0 saturated carbocycles. The van der Waals surface area contributed by atoms with E-state index in [0.29, 0.717) is 25.2 Å². The quantitative estimate of drug-likeness (QED) is 0.207. The van der Waals surface area contributed by atoms with Gasteiger partial charge in [-0.15, -0.1) is 0 Å². The molecule has 0 N–H and O–H groups in total. The number of alkyl halides is 5. The molecule has 0 fully saturated rings. The van der Waals surface area contributed by atoms with Gasteiger partial charge in [0.2, 0.25) is 0 Å². The molecule has 198 valence electrons. The molecule has 0 aliphatic heterocycles. The van der Waals surface area contributed by atoms with Gasteiger partial charge in [0.25, 0.3) is 0 Å². The van der Waals surface area contributed by atoms with Crippen molar-refractivity contribution in [1.82, 2.24) is 9.80 Å². The van der Waals surface area contributed by atoms with E-state index >= 15 is 0 Å². The van der Waals surface area contributed by atoms with Gasteiger partial charge in [0.05, 0.1) is 7.11 Å². The summed E-state index contributed by atoms with van der Waals surface area (Å²) in [5.74, 6) is -5.45. The second kappa shape index (κ2) is 13.2. The zero-order chi connectivity index (χ0) is 26.9. The van der Waals surface area contributed by atoms with E-state index in [0.717, 1.165) is 9.91 Å². The molecule has 0 radical (unpaired) electrons. The molecule has 2 aromatic carbocycles. The van der Waals surface area contributed by atoms with E-state index in [1.165, 1.54) is 31.4 Å². The predicted molar refractivity (Wildman–Crippen MR) is 126 cm³/mol. The van der Waals surface area contributed by atoms with E-state index in [2.05, 4.69) is 14.4 Å². The summed E-state index contributed by atoms with van der Waals surface area (Å²) in [6.45, 7) is 0.466. The molecule has 1 atom stereocenters. The average Bonchev–Trinajstić information content (AvgIpc) is 2.81. The van der Waals surface area contributed by atoms with Crippen LogP contribution in [0.4, 0.5) is 22.0 Å². The third-order valence-corrected chi connectivity index (χ3v) is 7.30. The van der Waals surface area contributed by atoms with E-state index in [1.54, 1.807) is 12.1 Å². The first kappa shape index (κ1) is 29.7. The first-order valence-electron chi connectivity index (χ1n) is 10.8. The number of halogens is 5. The van der Waals surface area contributed by atoms with E-state index < -0.39 is 34.5 Å². The summed E-state index contributed by atoms with van der Waals surface area (Å²) in [5, 5.41) is 0. The van der Waals surface area contributed by atoms with Gasteiger partial charge in [0, 0.05) is 0 Å². The summed E-state index contributed by atoms with van der Waals surface area (Å²) in [6.07, 6.45) is -5.68. The van der Waals surface area contributed by atoms with E-state index in [9.17, 15) is 31.5 Å². The van der Waals surface area contributed by atoms with Crippen LogP contribution in [0, 0.1) is 0 Å². The van der Waals surface area contributed by atoms with Crippen LogP contribution in [0.2, 0.25) is 0 Å². The van der Waals surface area contributed by atoms with Crippen LogP contribution in [0.1, 0.15) is 15.9 Å². The Morgan fingerprint density at radius 1 is 0.889 bits per heavy atom. The molecule has 2 aromatic rings. The number of likely N-dealkylation sites (N-methyl/N-ethyl adjacent to an activating group) is 2. The van der Waals surface area contributed by atoms with Gasteiger partial charge in [0.15, 0.2) is 0 Å². The summed E-state index contributed by atoms with van der Waals surface area (Å²) in [6, 6.07) is 12.7. The Labute approximate surface area is 213 Å². The predicted octanol–water partition coefficient (Wildman–Crippen LogP) is 2.70. The van der Waals surface area contributed by atoms with Crippen LogP contribution in [0.15, 0.2) is 48.5 Å². The van der Waals surface area contributed by atoms with Crippen LogP contribution in [-0.4, -0.2) is 95.6 Å². The number of carbonyl (C=O) groups is 2. The second-order valence-electron chi connectivity index (χ2n) is 8.23. The number of ether oxygens (including phenoxy) is 2. The standard InChI is InChI=1S/C24H28AsF5N2O4/c1-31(14-17-4-6-18(7-5-17)22(34)35-3)12-13-32(2)15-21(33)25-19-8-10-20(11-9-19)36-16-23(26,27)24(28,29)30/h4-11,25H,12-16H2,1-3H3. The number of esters is 1. The van der Waals surface area contributed by atoms with Gasteiger partial charge in [-0.2, -0.15) is 0 Å². The Bertz CT molecular complexity index is 1000. The molecule has 1 unspecified atom stereocenters. The van der Waals surface area contributed by atoms with Crippen molar-refractivity contribution in [3.63, 3.8) is 0 Å². The summed E-state index contributed by atoms with van der Waals surface area (Å²) >= 11 is -1.18. The van der Waals surface area contributed by atoms with Crippen molar-refractivity contribution in [2.75, 3.05) is 47.4 Å². The van der Waals surface area contributed by atoms with Crippen LogP contribution in [0.3, 0.4) is 0 Å². The van der Waals surface area contributed by atoms with Crippen molar-refractivity contribution in [3.05, 3.63) is 59.7 Å². The van der Waals surface area contributed by atoms with Crippen LogP contribution in [0.25, 0.3) is 0 Å². The topological polar surface area (TPSA) is 59.1 Å². The molecular weight excluding hydrogens is 550 g/mol. The third kappa shape index (κ3) is 9.52. The molecule has 12 heteroatoms. The molecule has 0 saturated heterocycles. The minimum atomic E-state index is -5.68. The molecule has 0 spiro atoms. The van der Waals surface area contributed by atoms with Crippen molar-refractivity contribution in [2.45, 2.75) is 18.6 Å². The Hall–Kier alpha value is -2.49. The zero-order valence-corrected chi connectivity index (χ0v) is 22.2. The Balaban J connectivity index is 1.73. The second-order valence-corrected chi connectivity index (χ2v) is 11.1. The number of carbonyl (C=O) groups excluding carboxylic acids is 2. The Morgan fingerprint density at radius 2 is 1.47 bits per heavy atom. The Kier molecular flexibility index (Phi) is 10.9. The van der Waals surface area contributed by atoms with E-state index in [1.807, 2.05) is 31.1 Å². The fourth-order valence-corrected chi connectivity index (χ4v) is 5.12. The summed E-state index contributed by atoms with van der Waals surface area (Å²) in [5.41, 5.74) is 1.51. The molecule has 6 nitrogen and oxygen atoms in total. The van der Waals surface area contributed by atoms with Gasteiger partial charge in [-0.25, -0.2) is 4.79 Å². The summed E-state index contributed by atoms with van der Waals surface area (Å²) in [7, 11) is 5.11. The summed E-state index contributed by atoms with van der Waals surface area (Å²) < 4.78 is 72.6. The number of methoxy groups -OCH3 is 1. The number of nitrogens with zero attached hydrogens (tertiary/aromatic N) is 2. The van der Waals surface area contributed by atoms with Crippen molar-refractivity contribution in [3.8, 4) is 5.75 Å². The molecule has 2 rings (SSSR count). The molecule has 0 aromatic heterocycles. The molecule has 0 bridgehead atoms. The molecular formula is C24H28AsF5N2O4. The van der Waals surface area contributed by atoms with Crippen molar-refractivity contribution in [2.24, 2.45) is 0 Å². The zero-order valence-electron chi connectivity index (χ0n) is 20.1. The molecule has 0 heterocycles. The third-order valence-electron chi connectivity index (χ3n) is 5.08. The molecule has 36 heavy (non-hydrogen) atoms. The van der Waals surface area contributed by atoms with Gasteiger partial charge in [-0.1, -0.05) is 0 Å². The first-order chi connectivity index (χ1) is 16.8. The molecule has 0 aliphatic carbocycles. The van der Waals surface area contributed by atoms with Gasteiger partial charge < -0.3 is 4.74 Å². The van der Waals surface area contributed by atoms with Crippen molar-refractivity contribution < 1.29 is 41.0 Å². The normalized spacial score (nSPS) is 12.5. The molecule has 0 aliphatic rings. The van der Waals surface area contributed by atoms with E-state index in [4.69, 9.17) is 0 Å². The van der Waals surface area contributed by atoms with Gasteiger partial charge in [-0.05, 0) is 0 Å².